The third-order valence-corrected chi connectivity index (χ3v) is 4.43. The highest BCUT2D eigenvalue weighted by molar-refractivity contribution is 5.96. The van der Waals surface area contributed by atoms with Crippen molar-refractivity contribution in [3.63, 3.8) is 0 Å². The predicted molar refractivity (Wildman–Crippen MR) is 102 cm³/mol. The summed E-state index contributed by atoms with van der Waals surface area (Å²) >= 11 is 0. The molecule has 0 aliphatic carbocycles. The molecule has 0 unspecified atom stereocenters. The Labute approximate surface area is 153 Å². The van der Waals surface area contributed by atoms with Gasteiger partial charge in [-0.1, -0.05) is 36.4 Å². The van der Waals surface area contributed by atoms with Crippen LogP contribution in [0.5, 0.6) is 0 Å². The van der Waals surface area contributed by atoms with Crippen molar-refractivity contribution >= 4 is 17.6 Å². The summed E-state index contributed by atoms with van der Waals surface area (Å²) < 4.78 is 0. The summed E-state index contributed by atoms with van der Waals surface area (Å²) in [5, 5.41) is 6.36. The zero-order valence-electron chi connectivity index (χ0n) is 15.1. The molecule has 1 aliphatic rings. The SMILES string of the molecule is CN(C)C(=O)c1cccc(NC(=O)N2CCN[C@H](c3ccccc3)C2)c1. The minimum atomic E-state index is -0.151. The van der Waals surface area contributed by atoms with Crippen molar-refractivity contribution in [1.82, 2.24) is 15.1 Å². The van der Waals surface area contributed by atoms with Gasteiger partial charge in [0.25, 0.3) is 5.91 Å². The Hall–Kier alpha value is -2.86. The van der Waals surface area contributed by atoms with Crippen LogP contribution in [0.25, 0.3) is 0 Å². The number of piperazine rings is 1. The molecule has 6 heteroatoms. The van der Waals surface area contributed by atoms with E-state index in [-0.39, 0.29) is 18.0 Å². The van der Waals surface area contributed by atoms with Gasteiger partial charge in [-0.15, -0.1) is 0 Å². The average Bonchev–Trinajstić information content (AvgIpc) is 2.68. The summed E-state index contributed by atoms with van der Waals surface area (Å²) in [6.07, 6.45) is 0. The Kier molecular flexibility index (Phi) is 5.53. The summed E-state index contributed by atoms with van der Waals surface area (Å²) in [6.45, 7) is 1.99. The molecule has 136 valence electrons. The van der Waals surface area contributed by atoms with E-state index in [1.165, 1.54) is 10.5 Å². The van der Waals surface area contributed by atoms with Crippen LogP contribution in [0.15, 0.2) is 54.6 Å². The maximum Gasteiger partial charge on any atom is 0.321 e. The van der Waals surface area contributed by atoms with E-state index in [1.54, 1.807) is 43.3 Å². The Morgan fingerprint density at radius 2 is 1.88 bits per heavy atom. The maximum absolute atomic E-state index is 12.7. The Morgan fingerprint density at radius 3 is 2.62 bits per heavy atom. The van der Waals surface area contributed by atoms with Gasteiger partial charge in [0, 0.05) is 45.0 Å². The first-order valence-electron chi connectivity index (χ1n) is 8.70. The highest BCUT2D eigenvalue weighted by Gasteiger charge is 2.24. The van der Waals surface area contributed by atoms with Gasteiger partial charge in [0.05, 0.1) is 6.04 Å². The van der Waals surface area contributed by atoms with E-state index in [0.717, 1.165) is 6.54 Å². The van der Waals surface area contributed by atoms with E-state index >= 15 is 0 Å². The molecular weight excluding hydrogens is 328 g/mol. The zero-order chi connectivity index (χ0) is 18.5. The van der Waals surface area contributed by atoms with Crippen LogP contribution < -0.4 is 10.6 Å². The molecule has 1 aliphatic heterocycles. The second-order valence-electron chi connectivity index (χ2n) is 6.57. The quantitative estimate of drug-likeness (QED) is 0.892. The Morgan fingerprint density at radius 1 is 1.12 bits per heavy atom. The van der Waals surface area contributed by atoms with Crippen molar-refractivity contribution in [1.29, 1.82) is 0 Å². The standard InChI is InChI=1S/C20H24N4O2/c1-23(2)19(25)16-9-6-10-17(13-16)22-20(26)24-12-11-21-18(14-24)15-7-4-3-5-8-15/h3-10,13,18,21H,11-12,14H2,1-2H3,(H,22,26)/t18-/m0/s1. The number of amides is 3. The minimum absolute atomic E-state index is 0.0904. The minimum Gasteiger partial charge on any atom is -0.345 e. The van der Waals surface area contributed by atoms with Crippen LogP contribution in [0.1, 0.15) is 22.0 Å². The van der Waals surface area contributed by atoms with E-state index in [0.29, 0.717) is 24.3 Å². The molecule has 3 amide bonds. The summed E-state index contributed by atoms with van der Waals surface area (Å²) in [4.78, 5) is 28.0. The van der Waals surface area contributed by atoms with E-state index in [1.807, 2.05) is 18.2 Å². The van der Waals surface area contributed by atoms with E-state index < -0.39 is 0 Å². The number of hydrogen-bond acceptors (Lipinski definition) is 3. The monoisotopic (exact) mass is 352 g/mol. The highest BCUT2D eigenvalue weighted by atomic mass is 16.2. The summed E-state index contributed by atoms with van der Waals surface area (Å²) in [5.74, 6) is -0.0904. The van der Waals surface area contributed by atoms with Gasteiger partial charge >= 0.3 is 6.03 Å². The van der Waals surface area contributed by atoms with Crippen molar-refractivity contribution in [2.24, 2.45) is 0 Å². The van der Waals surface area contributed by atoms with Crippen LogP contribution in [-0.4, -0.2) is 55.5 Å². The highest BCUT2D eigenvalue weighted by Crippen LogP contribution is 2.18. The number of benzene rings is 2. The van der Waals surface area contributed by atoms with Crippen molar-refractivity contribution in [2.45, 2.75) is 6.04 Å². The lowest BCUT2D eigenvalue weighted by atomic mass is 10.0. The maximum atomic E-state index is 12.7. The lowest BCUT2D eigenvalue weighted by molar-refractivity contribution is 0.0827. The topological polar surface area (TPSA) is 64.7 Å². The van der Waals surface area contributed by atoms with Crippen molar-refractivity contribution in [3.05, 3.63) is 65.7 Å². The summed E-state index contributed by atoms with van der Waals surface area (Å²) in [6, 6.07) is 17.1. The third-order valence-electron chi connectivity index (χ3n) is 4.43. The normalized spacial score (nSPS) is 16.8. The molecule has 1 saturated heterocycles. The van der Waals surface area contributed by atoms with E-state index in [9.17, 15) is 9.59 Å². The number of nitrogens with zero attached hydrogens (tertiary/aromatic N) is 2. The zero-order valence-corrected chi connectivity index (χ0v) is 15.1. The fourth-order valence-electron chi connectivity index (χ4n) is 3.03. The predicted octanol–water partition coefficient (Wildman–Crippen LogP) is 2.57. The average molecular weight is 352 g/mol. The second kappa shape index (κ2) is 8.01. The smallest absolute Gasteiger partial charge is 0.321 e. The van der Waals surface area contributed by atoms with Gasteiger partial charge in [0.2, 0.25) is 0 Å². The van der Waals surface area contributed by atoms with Gasteiger partial charge in [-0.3, -0.25) is 4.79 Å². The van der Waals surface area contributed by atoms with Gasteiger partial charge in [0.15, 0.2) is 0 Å². The Bertz CT molecular complexity index is 776. The molecule has 2 aromatic carbocycles. The molecule has 2 N–H and O–H groups in total. The number of carbonyl (C=O) groups excluding carboxylic acids is 2. The van der Waals surface area contributed by atoms with Crippen molar-refractivity contribution < 1.29 is 9.59 Å². The van der Waals surface area contributed by atoms with Crippen LogP contribution in [0.4, 0.5) is 10.5 Å². The van der Waals surface area contributed by atoms with E-state index in [4.69, 9.17) is 0 Å². The van der Waals surface area contributed by atoms with Crippen LogP contribution in [-0.2, 0) is 0 Å². The molecule has 0 saturated carbocycles. The molecule has 1 fully saturated rings. The molecule has 2 aromatic rings. The number of anilines is 1. The number of carbonyl (C=O) groups is 2. The second-order valence-corrected chi connectivity index (χ2v) is 6.57. The summed E-state index contributed by atoms with van der Waals surface area (Å²) in [5.41, 5.74) is 2.34. The van der Waals surface area contributed by atoms with Crippen LogP contribution in [0, 0.1) is 0 Å². The van der Waals surface area contributed by atoms with Crippen molar-refractivity contribution in [2.75, 3.05) is 39.0 Å². The molecule has 1 atom stereocenters. The fraction of sp³-hybridized carbons (Fsp3) is 0.300. The molecule has 6 nitrogen and oxygen atoms in total. The third kappa shape index (κ3) is 4.21. The lowest BCUT2D eigenvalue weighted by Crippen LogP contribution is -2.49. The van der Waals surface area contributed by atoms with E-state index in [2.05, 4.69) is 22.8 Å². The molecule has 1 heterocycles. The van der Waals surface area contributed by atoms with Crippen LogP contribution in [0.3, 0.4) is 0 Å². The number of urea groups is 1. The van der Waals surface area contributed by atoms with Gasteiger partial charge in [0.1, 0.15) is 0 Å². The molecular formula is C20H24N4O2. The van der Waals surface area contributed by atoms with Crippen LogP contribution in [0.2, 0.25) is 0 Å². The largest absolute Gasteiger partial charge is 0.345 e. The summed E-state index contributed by atoms with van der Waals surface area (Å²) in [7, 11) is 3.41. The molecule has 3 rings (SSSR count). The van der Waals surface area contributed by atoms with Gasteiger partial charge < -0.3 is 20.4 Å². The number of nitrogens with one attached hydrogen (secondary N) is 2. The lowest BCUT2D eigenvalue weighted by Gasteiger charge is -2.34. The van der Waals surface area contributed by atoms with Gasteiger partial charge in [-0.2, -0.15) is 0 Å². The molecule has 0 bridgehead atoms. The fourth-order valence-corrected chi connectivity index (χ4v) is 3.03. The number of rotatable bonds is 3. The first-order valence-corrected chi connectivity index (χ1v) is 8.70. The van der Waals surface area contributed by atoms with Crippen molar-refractivity contribution in [3.8, 4) is 0 Å². The van der Waals surface area contributed by atoms with Gasteiger partial charge in [-0.05, 0) is 23.8 Å². The molecule has 0 radical (unpaired) electrons. The molecule has 0 aromatic heterocycles. The number of hydrogen-bond donors (Lipinski definition) is 2. The Balaban J connectivity index is 1.66. The van der Waals surface area contributed by atoms with Gasteiger partial charge in [-0.25, -0.2) is 4.79 Å². The molecule has 0 spiro atoms. The first kappa shape index (κ1) is 17.9. The van der Waals surface area contributed by atoms with Crippen LogP contribution >= 0.6 is 0 Å². The first-order chi connectivity index (χ1) is 12.5. The molecule has 26 heavy (non-hydrogen) atoms.